The molecule has 0 amide bonds. The Morgan fingerprint density at radius 1 is 1.04 bits per heavy atom. The van der Waals surface area contributed by atoms with Crippen LogP contribution in [0.4, 0.5) is 5.88 Å². The van der Waals surface area contributed by atoms with E-state index in [-0.39, 0.29) is 16.6 Å². The van der Waals surface area contributed by atoms with E-state index in [2.05, 4.69) is 14.9 Å². The van der Waals surface area contributed by atoms with Crippen LogP contribution in [0, 0.1) is 6.92 Å². The summed E-state index contributed by atoms with van der Waals surface area (Å²) in [5.41, 5.74) is 3.41. The van der Waals surface area contributed by atoms with Gasteiger partial charge >= 0.3 is 0 Å². The fraction of sp³-hybridized carbons (Fsp3) is 0.100. The van der Waals surface area contributed by atoms with Gasteiger partial charge in [-0.25, -0.2) is 0 Å². The van der Waals surface area contributed by atoms with Crippen LogP contribution in [0.2, 0.25) is 5.02 Å². The van der Waals surface area contributed by atoms with Gasteiger partial charge in [0, 0.05) is 17.2 Å². The molecule has 6 nitrogen and oxygen atoms in total. The molecule has 0 aliphatic carbocycles. The third-order valence-electron chi connectivity index (χ3n) is 4.38. The molecule has 0 unspecified atom stereocenters. The van der Waals surface area contributed by atoms with Crippen molar-refractivity contribution in [2.75, 3.05) is 5.32 Å². The molecule has 2 heterocycles. The van der Waals surface area contributed by atoms with Crippen molar-refractivity contribution in [1.82, 2.24) is 5.16 Å². The second-order valence-corrected chi connectivity index (χ2v) is 8.36. The number of aryl methyl sites for hydroxylation is 1. The highest BCUT2D eigenvalue weighted by atomic mass is 35.5. The summed E-state index contributed by atoms with van der Waals surface area (Å²) in [6.45, 7) is 3.65. The Hall–Kier alpha value is -2.90. The summed E-state index contributed by atoms with van der Waals surface area (Å²) >= 11 is 6.18. The molecule has 1 aliphatic heterocycles. The van der Waals surface area contributed by atoms with E-state index in [1.165, 1.54) is 0 Å². The number of anilines is 1. The molecule has 1 aliphatic rings. The van der Waals surface area contributed by atoms with Crippen LogP contribution in [0.1, 0.15) is 18.1 Å². The van der Waals surface area contributed by atoms with E-state index in [9.17, 15) is 8.42 Å². The minimum atomic E-state index is -3.80. The lowest BCUT2D eigenvalue weighted by atomic mass is 10.1. The van der Waals surface area contributed by atoms with Crippen LogP contribution in [0.25, 0.3) is 16.2 Å². The van der Waals surface area contributed by atoms with E-state index < -0.39 is 10.0 Å². The predicted octanol–water partition coefficient (Wildman–Crippen LogP) is 4.89. The Labute approximate surface area is 167 Å². The van der Waals surface area contributed by atoms with Gasteiger partial charge in [-0.3, -0.25) is 0 Å². The number of rotatable bonds is 3. The standard InChI is InChI=1S/C20H16ClN3O3S/c1-12-7-9-14(10-8-12)19-13(2)20(24-28(19,25)26)22-18-11-17(23-27-18)15-5-3-4-6-16(15)21/h3-11H,1-2H3,(H,22,24). The molecule has 1 N–H and O–H groups in total. The van der Waals surface area contributed by atoms with Crippen molar-refractivity contribution < 1.29 is 12.9 Å². The normalized spacial score (nSPS) is 15.6. The van der Waals surface area contributed by atoms with Crippen molar-refractivity contribution in [2.24, 2.45) is 4.40 Å². The molecule has 0 spiro atoms. The highest BCUT2D eigenvalue weighted by Crippen LogP contribution is 2.34. The maximum absolute atomic E-state index is 12.6. The minimum Gasteiger partial charge on any atom is -0.338 e. The van der Waals surface area contributed by atoms with Gasteiger partial charge in [0.2, 0.25) is 5.88 Å². The number of nitrogens with zero attached hydrogens (tertiary/aromatic N) is 2. The number of halogens is 1. The molecular formula is C20H16ClN3O3S. The molecular weight excluding hydrogens is 398 g/mol. The summed E-state index contributed by atoms with van der Waals surface area (Å²) in [5, 5.41) is 7.45. The Morgan fingerprint density at radius 2 is 1.75 bits per heavy atom. The van der Waals surface area contributed by atoms with Gasteiger partial charge in [0.15, 0.2) is 5.84 Å². The predicted molar refractivity (Wildman–Crippen MR) is 111 cm³/mol. The molecule has 3 aromatic rings. The monoisotopic (exact) mass is 413 g/mol. The molecule has 142 valence electrons. The number of benzene rings is 2. The van der Waals surface area contributed by atoms with Crippen molar-refractivity contribution >= 4 is 38.2 Å². The van der Waals surface area contributed by atoms with E-state index >= 15 is 0 Å². The van der Waals surface area contributed by atoms with Gasteiger partial charge in [0.1, 0.15) is 10.6 Å². The summed E-state index contributed by atoms with van der Waals surface area (Å²) in [4.78, 5) is 0.181. The molecule has 4 rings (SSSR count). The van der Waals surface area contributed by atoms with Crippen LogP contribution < -0.4 is 5.32 Å². The lowest BCUT2D eigenvalue weighted by Crippen LogP contribution is -2.10. The number of aromatic nitrogens is 1. The SMILES string of the molecule is CC1=C(c2ccc(C)cc2)S(=O)(=O)N=C1Nc1cc(-c2ccccc2Cl)no1. The molecule has 0 radical (unpaired) electrons. The maximum atomic E-state index is 12.6. The second kappa shape index (κ2) is 6.92. The van der Waals surface area contributed by atoms with E-state index in [4.69, 9.17) is 16.1 Å². The van der Waals surface area contributed by atoms with Crippen molar-refractivity contribution in [3.63, 3.8) is 0 Å². The number of amidine groups is 1. The van der Waals surface area contributed by atoms with Crippen LogP contribution in [0.15, 0.2) is 69.1 Å². The van der Waals surface area contributed by atoms with Crippen molar-refractivity contribution in [3.05, 3.63) is 76.3 Å². The average molecular weight is 414 g/mol. The maximum Gasteiger partial charge on any atom is 0.285 e. The fourth-order valence-corrected chi connectivity index (χ4v) is 4.63. The molecule has 8 heteroatoms. The first-order valence-electron chi connectivity index (χ1n) is 8.47. The molecule has 0 atom stereocenters. The zero-order valence-electron chi connectivity index (χ0n) is 15.1. The number of hydrogen-bond acceptors (Lipinski definition) is 5. The second-order valence-electron chi connectivity index (χ2n) is 6.42. The van der Waals surface area contributed by atoms with E-state index in [1.54, 1.807) is 31.2 Å². The third kappa shape index (κ3) is 3.34. The average Bonchev–Trinajstić information content (AvgIpc) is 3.19. The van der Waals surface area contributed by atoms with Crippen LogP contribution in [0.3, 0.4) is 0 Å². The molecule has 0 saturated carbocycles. The smallest absolute Gasteiger partial charge is 0.285 e. The van der Waals surface area contributed by atoms with Crippen molar-refractivity contribution in [1.29, 1.82) is 0 Å². The number of hydrogen-bond donors (Lipinski definition) is 1. The molecule has 28 heavy (non-hydrogen) atoms. The van der Waals surface area contributed by atoms with E-state index in [0.717, 1.165) is 11.1 Å². The molecule has 0 bridgehead atoms. The highest BCUT2D eigenvalue weighted by molar-refractivity contribution is 8.00. The quantitative estimate of drug-likeness (QED) is 0.660. The first kappa shape index (κ1) is 18.5. The van der Waals surface area contributed by atoms with Gasteiger partial charge in [-0.05, 0) is 25.5 Å². The Morgan fingerprint density at radius 3 is 2.46 bits per heavy atom. The van der Waals surface area contributed by atoms with E-state index in [1.807, 2.05) is 37.3 Å². The lowest BCUT2D eigenvalue weighted by molar-refractivity contribution is 0.438. The van der Waals surface area contributed by atoms with Crippen molar-refractivity contribution in [2.45, 2.75) is 13.8 Å². The van der Waals surface area contributed by atoms with Crippen LogP contribution >= 0.6 is 11.6 Å². The number of sulfonamides is 1. The highest BCUT2D eigenvalue weighted by Gasteiger charge is 2.31. The first-order chi connectivity index (χ1) is 13.3. The zero-order valence-corrected chi connectivity index (χ0v) is 16.7. The largest absolute Gasteiger partial charge is 0.338 e. The third-order valence-corrected chi connectivity index (χ3v) is 6.19. The van der Waals surface area contributed by atoms with Crippen LogP contribution in [0.5, 0.6) is 0 Å². The summed E-state index contributed by atoms with van der Waals surface area (Å²) in [6, 6.07) is 16.2. The zero-order chi connectivity index (χ0) is 19.9. The summed E-state index contributed by atoms with van der Waals surface area (Å²) < 4.78 is 34.3. The van der Waals surface area contributed by atoms with Crippen LogP contribution in [-0.2, 0) is 10.0 Å². The van der Waals surface area contributed by atoms with Crippen molar-refractivity contribution in [3.8, 4) is 11.3 Å². The Balaban J connectivity index is 1.66. The topological polar surface area (TPSA) is 84.6 Å². The summed E-state index contributed by atoms with van der Waals surface area (Å²) in [5.74, 6) is 0.478. The van der Waals surface area contributed by atoms with Crippen LogP contribution in [-0.4, -0.2) is 19.4 Å². The van der Waals surface area contributed by atoms with Gasteiger partial charge in [-0.1, -0.05) is 64.8 Å². The van der Waals surface area contributed by atoms with E-state index in [0.29, 0.717) is 21.9 Å². The number of nitrogens with one attached hydrogen (secondary N) is 1. The molecule has 1 aromatic heterocycles. The van der Waals surface area contributed by atoms with Gasteiger partial charge in [-0.2, -0.15) is 8.42 Å². The minimum absolute atomic E-state index is 0.181. The molecule has 2 aromatic carbocycles. The Bertz CT molecular complexity index is 1230. The summed E-state index contributed by atoms with van der Waals surface area (Å²) in [7, 11) is -3.80. The first-order valence-corrected chi connectivity index (χ1v) is 10.3. The lowest BCUT2D eigenvalue weighted by Gasteiger charge is -2.04. The molecule has 0 fully saturated rings. The molecule has 0 saturated heterocycles. The Kier molecular flexibility index (Phi) is 4.56. The van der Waals surface area contributed by atoms with Gasteiger partial charge < -0.3 is 9.84 Å². The summed E-state index contributed by atoms with van der Waals surface area (Å²) in [6.07, 6.45) is 0. The fourth-order valence-electron chi connectivity index (χ4n) is 2.97. The van der Waals surface area contributed by atoms with Gasteiger partial charge in [0.25, 0.3) is 10.0 Å². The van der Waals surface area contributed by atoms with Gasteiger partial charge in [-0.15, -0.1) is 4.40 Å². The van der Waals surface area contributed by atoms with Gasteiger partial charge in [0.05, 0.1) is 5.02 Å².